The third-order valence-corrected chi connectivity index (χ3v) is 6.15. The fraction of sp³-hybridized carbons (Fsp3) is 0.182. The smallest absolute Gasteiger partial charge is 0.243 e. The molecule has 0 aromatic heterocycles. The number of hydrogen-bond donors (Lipinski definition) is 0. The summed E-state index contributed by atoms with van der Waals surface area (Å²) < 4.78 is 43.5. The van der Waals surface area contributed by atoms with Crippen molar-refractivity contribution in [3.63, 3.8) is 0 Å². The molecule has 0 aliphatic rings. The number of para-hydroxylation sites is 1. The number of nitrogens with zero attached hydrogens (tertiary/aromatic N) is 1. The second-order valence-corrected chi connectivity index (χ2v) is 8.39. The molecular formula is C22H23NO5S. The lowest BCUT2D eigenvalue weighted by atomic mass is 10.2. The molecule has 0 aliphatic carbocycles. The van der Waals surface area contributed by atoms with Gasteiger partial charge < -0.3 is 14.2 Å². The quantitative estimate of drug-likeness (QED) is 0.550. The Labute approximate surface area is 171 Å². The van der Waals surface area contributed by atoms with Crippen LogP contribution in [0.25, 0.3) is 0 Å². The molecule has 0 saturated heterocycles. The number of methoxy groups -OCH3 is 2. The zero-order chi connectivity index (χ0) is 20.9. The van der Waals surface area contributed by atoms with Crippen molar-refractivity contribution in [1.82, 2.24) is 4.31 Å². The molecule has 0 heterocycles. The Hall–Kier alpha value is -3.03. The maximum absolute atomic E-state index is 13.0. The second-order valence-electron chi connectivity index (χ2n) is 6.34. The molecule has 0 amide bonds. The number of sulfonamides is 1. The molecule has 3 aromatic rings. The van der Waals surface area contributed by atoms with Gasteiger partial charge in [-0.25, -0.2) is 8.42 Å². The highest BCUT2D eigenvalue weighted by Crippen LogP contribution is 2.31. The molecule has 152 valence electrons. The first kappa shape index (κ1) is 20.7. The highest BCUT2D eigenvalue weighted by atomic mass is 32.2. The molecule has 7 heteroatoms. The molecule has 0 saturated carbocycles. The SMILES string of the molecule is COc1ccc(S(=O)(=O)N(C)Cc2cccc(Oc3ccccc3)c2)cc1OC. The van der Waals surface area contributed by atoms with E-state index in [9.17, 15) is 8.42 Å². The average molecular weight is 413 g/mol. The minimum absolute atomic E-state index is 0.134. The predicted molar refractivity (Wildman–Crippen MR) is 111 cm³/mol. The molecule has 0 fully saturated rings. The monoisotopic (exact) mass is 413 g/mol. The number of benzene rings is 3. The molecule has 0 unspecified atom stereocenters. The van der Waals surface area contributed by atoms with Crippen molar-refractivity contribution in [2.24, 2.45) is 0 Å². The molecule has 0 radical (unpaired) electrons. The van der Waals surface area contributed by atoms with Crippen molar-refractivity contribution in [3.8, 4) is 23.0 Å². The Morgan fingerprint density at radius 1 is 0.793 bits per heavy atom. The van der Waals surface area contributed by atoms with Gasteiger partial charge in [0.2, 0.25) is 10.0 Å². The van der Waals surface area contributed by atoms with Gasteiger partial charge in [0.1, 0.15) is 11.5 Å². The van der Waals surface area contributed by atoms with Gasteiger partial charge in [0, 0.05) is 19.7 Å². The summed E-state index contributed by atoms with van der Waals surface area (Å²) in [6, 6.07) is 21.3. The van der Waals surface area contributed by atoms with Crippen molar-refractivity contribution in [2.75, 3.05) is 21.3 Å². The van der Waals surface area contributed by atoms with Crippen molar-refractivity contribution >= 4 is 10.0 Å². The Kier molecular flexibility index (Phi) is 6.41. The molecule has 0 bridgehead atoms. The Bertz CT molecular complexity index is 1070. The van der Waals surface area contributed by atoms with E-state index in [0.717, 1.165) is 11.3 Å². The minimum Gasteiger partial charge on any atom is -0.493 e. The minimum atomic E-state index is -3.71. The third-order valence-electron chi connectivity index (χ3n) is 4.35. The summed E-state index contributed by atoms with van der Waals surface area (Å²) >= 11 is 0. The van der Waals surface area contributed by atoms with E-state index in [2.05, 4.69) is 0 Å². The van der Waals surface area contributed by atoms with E-state index < -0.39 is 10.0 Å². The highest BCUT2D eigenvalue weighted by molar-refractivity contribution is 7.89. The number of ether oxygens (including phenoxy) is 3. The van der Waals surface area contributed by atoms with E-state index in [0.29, 0.717) is 17.2 Å². The lowest BCUT2D eigenvalue weighted by molar-refractivity contribution is 0.353. The van der Waals surface area contributed by atoms with Crippen LogP contribution in [0.3, 0.4) is 0 Å². The van der Waals surface area contributed by atoms with Crippen LogP contribution in [0.5, 0.6) is 23.0 Å². The second kappa shape index (κ2) is 8.98. The molecular weight excluding hydrogens is 390 g/mol. The Balaban J connectivity index is 1.79. The van der Waals surface area contributed by atoms with Gasteiger partial charge in [-0.15, -0.1) is 0 Å². The van der Waals surface area contributed by atoms with Crippen LogP contribution in [0.15, 0.2) is 77.7 Å². The van der Waals surface area contributed by atoms with Gasteiger partial charge in [-0.05, 0) is 42.0 Å². The molecule has 0 aliphatic heterocycles. The van der Waals surface area contributed by atoms with Gasteiger partial charge in [0.05, 0.1) is 19.1 Å². The number of rotatable bonds is 8. The number of hydrogen-bond acceptors (Lipinski definition) is 5. The zero-order valence-corrected chi connectivity index (χ0v) is 17.3. The van der Waals surface area contributed by atoms with Crippen LogP contribution in [0.1, 0.15) is 5.56 Å². The molecule has 0 N–H and O–H groups in total. The lowest BCUT2D eigenvalue weighted by Gasteiger charge is -2.19. The molecule has 3 aromatic carbocycles. The fourth-order valence-electron chi connectivity index (χ4n) is 2.83. The summed E-state index contributed by atoms with van der Waals surface area (Å²) in [5, 5.41) is 0. The van der Waals surface area contributed by atoms with Crippen LogP contribution in [0.2, 0.25) is 0 Å². The standard InChI is InChI=1S/C22H23NO5S/c1-23(29(24,25)20-12-13-21(26-2)22(15-20)27-3)16-17-8-7-11-19(14-17)28-18-9-5-4-6-10-18/h4-15H,16H2,1-3H3. The van der Waals surface area contributed by atoms with Crippen molar-refractivity contribution in [1.29, 1.82) is 0 Å². The zero-order valence-electron chi connectivity index (χ0n) is 16.5. The topological polar surface area (TPSA) is 65.1 Å². The molecule has 29 heavy (non-hydrogen) atoms. The maximum atomic E-state index is 13.0. The van der Waals surface area contributed by atoms with Gasteiger partial charge >= 0.3 is 0 Å². The summed E-state index contributed by atoms with van der Waals surface area (Å²) in [5.41, 5.74) is 0.810. The highest BCUT2D eigenvalue weighted by Gasteiger charge is 2.23. The van der Waals surface area contributed by atoms with Crippen LogP contribution in [-0.2, 0) is 16.6 Å². The molecule has 0 spiro atoms. The van der Waals surface area contributed by atoms with Gasteiger partial charge in [-0.2, -0.15) is 4.31 Å². The van der Waals surface area contributed by atoms with E-state index >= 15 is 0 Å². The Morgan fingerprint density at radius 3 is 2.17 bits per heavy atom. The van der Waals surface area contributed by atoms with Crippen molar-refractivity contribution in [2.45, 2.75) is 11.4 Å². The maximum Gasteiger partial charge on any atom is 0.243 e. The van der Waals surface area contributed by atoms with E-state index in [1.54, 1.807) is 6.07 Å². The van der Waals surface area contributed by atoms with E-state index in [-0.39, 0.29) is 11.4 Å². The summed E-state index contributed by atoms with van der Waals surface area (Å²) in [5.74, 6) is 2.20. The summed E-state index contributed by atoms with van der Waals surface area (Å²) in [4.78, 5) is 0.134. The molecule has 3 rings (SSSR count). The van der Waals surface area contributed by atoms with E-state index in [1.165, 1.54) is 37.7 Å². The normalized spacial score (nSPS) is 11.3. The summed E-state index contributed by atoms with van der Waals surface area (Å²) in [6.07, 6.45) is 0. The van der Waals surface area contributed by atoms with Crippen molar-refractivity contribution < 1.29 is 22.6 Å². The largest absolute Gasteiger partial charge is 0.493 e. The first-order valence-electron chi connectivity index (χ1n) is 8.94. The van der Waals surface area contributed by atoms with Gasteiger partial charge in [-0.1, -0.05) is 30.3 Å². The van der Waals surface area contributed by atoms with E-state index in [1.807, 2.05) is 54.6 Å². The summed E-state index contributed by atoms with van der Waals surface area (Å²) in [6.45, 7) is 0.197. The summed E-state index contributed by atoms with van der Waals surface area (Å²) in [7, 11) is 0.800. The van der Waals surface area contributed by atoms with Gasteiger partial charge in [0.25, 0.3) is 0 Å². The van der Waals surface area contributed by atoms with Gasteiger partial charge in [-0.3, -0.25) is 0 Å². The van der Waals surface area contributed by atoms with Crippen molar-refractivity contribution in [3.05, 3.63) is 78.4 Å². The van der Waals surface area contributed by atoms with E-state index in [4.69, 9.17) is 14.2 Å². The van der Waals surface area contributed by atoms with Crippen LogP contribution in [0.4, 0.5) is 0 Å². The average Bonchev–Trinajstić information content (AvgIpc) is 2.74. The molecule has 6 nitrogen and oxygen atoms in total. The van der Waals surface area contributed by atoms with Crippen LogP contribution in [0, 0.1) is 0 Å². The Morgan fingerprint density at radius 2 is 1.48 bits per heavy atom. The lowest BCUT2D eigenvalue weighted by Crippen LogP contribution is -2.26. The third kappa shape index (κ3) is 4.88. The fourth-order valence-corrected chi connectivity index (χ4v) is 4.01. The molecule has 0 atom stereocenters. The van der Waals surface area contributed by atoms with Crippen LogP contribution < -0.4 is 14.2 Å². The predicted octanol–water partition coefficient (Wildman–Crippen LogP) is 4.32. The van der Waals surface area contributed by atoms with Gasteiger partial charge in [0.15, 0.2) is 11.5 Å². The van der Waals surface area contributed by atoms with Crippen LogP contribution in [-0.4, -0.2) is 34.0 Å². The first-order chi connectivity index (χ1) is 13.9. The first-order valence-corrected chi connectivity index (χ1v) is 10.4. The van der Waals surface area contributed by atoms with Crippen LogP contribution >= 0.6 is 0 Å².